The van der Waals surface area contributed by atoms with Gasteiger partial charge >= 0.3 is 12.1 Å². The van der Waals surface area contributed by atoms with E-state index in [1.807, 2.05) is 30.3 Å². The predicted molar refractivity (Wildman–Crippen MR) is 148 cm³/mol. The Morgan fingerprint density at radius 1 is 0.846 bits per heavy atom. The van der Waals surface area contributed by atoms with Crippen LogP contribution in [0, 0.1) is 6.92 Å². The van der Waals surface area contributed by atoms with Gasteiger partial charge in [-0.25, -0.2) is 14.8 Å². The number of carboxylic acid groups (broad SMARTS) is 1. The largest absolute Gasteiger partial charge is 0.481 e. The van der Waals surface area contributed by atoms with Gasteiger partial charge in [0.15, 0.2) is 5.82 Å². The summed E-state index contributed by atoms with van der Waals surface area (Å²) in [5, 5.41) is 14.8. The number of hydrogen-bond donors (Lipinski definition) is 3. The molecule has 0 aliphatic carbocycles. The minimum atomic E-state index is -0.980. The summed E-state index contributed by atoms with van der Waals surface area (Å²) in [6, 6.07) is 24.5. The lowest BCUT2D eigenvalue weighted by Gasteiger charge is -2.15. The second-order valence-corrected chi connectivity index (χ2v) is 8.98. The number of carboxylic acids is 1. The average Bonchev–Trinajstić information content (AvgIpc) is 2.93. The summed E-state index contributed by atoms with van der Waals surface area (Å²) in [6.07, 6.45) is -1.08. The van der Waals surface area contributed by atoms with Gasteiger partial charge in [0, 0.05) is 28.6 Å². The van der Waals surface area contributed by atoms with Crippen molar-refractivity contribution in [2.75, 3.05) is 10.6 Å². The van der Waals surface area contributed by atoms with Gasteiger partial charge in [0.25, 0.3) is 5.91 Å². The van der Waals surface area contributed by atoms with Crippen LogP contribution >= 0.6 is 0 Å². The van der Waals surface area contributed by atoms with Crippen molar-refractivity contribution in [3.63, 3.8) is 0 Å². The number of amides is 2. The number of aliphatic carboxylic acids is 1. The van der Waals surface area contributed by atoms with Gasteiger partial charge in [0.2, 0.25) is 0 Å². The van der Waals surface area contributed by atoms with E-state index in [2.05, 4.69) is 20.6 Å². The van der Waals surface area contributed by atoms with Gasteiger partial charge in [-0.15, -0.1) is 0 Å². The van der Waals surface area contributed by atoms with Gasteiger partial charge in [-0.3, -0.25) is 14.9 Å². The Bertz CT molecular complexity index is 1490. The summed E-state index contributed by atoms with van der Waals surface area (Å²) in [6.45, 7) is 5.14. The number of carbonyl (C=O) groups is 3. The van der Waals surface area contributed by atoms with Crippen LogP contribution in [0.4, 0.5) is 16.3 Å². The molecule has 1 heterocycles. The number of ether oxygens (including phenoxy) is 1. The summed E-state index contributed by atoms with van der Waals surface area (Å²) in [5.41, 5.74) is 3.48. The zero-order valence-corrected chi connectivity index (χ0v) is 21.7. The van der Waals surface area contributed by atoms with Gasteiger partial charge in [-0.1, -0.05) is 60.7 Å². The first-order chi connectivity index (χ1) is 18.7. The monoisotopic (exact) mass is 524 g/mol. The smallest absolute Gasteiger partial charge is 0.413 e. The number of nitrogens with zero attached hydrogens (tertiary/aromatic N) is 2. The Labute approximate surface area is 225 Å². The minimum Gasteiger partial charge on any atom is -0.481 e. The van der Waals surface area contributed by atoms with E-state index in [0.717, 1.165) is 5.56 Å². The number of carbonyl (C=O) groups excluding carboxylic acids is 2. The van der Waals surface area contributed by atoms with E-state index >= 15 is 0 Å². The van der Waals surface area contributed by atoms with Crippen molar-refractivity contribution >= 4 is 29.5 Å². The molecule has 4 rings (SSSR count). The quantitative estimate of drug-likeness (QED) is 0.250. The van der Waals surface area contributed by atoms with Crippen LogP contribution in [0.2, 0.25) is 0 Å². The number of para-hydroxylation sites is 1. The minimum absolute atomic E-state index is 0.286. The van der Waals surface area contributed by atoms with Crippen molar-refractivity contribution < 1.29 is 24.2 Å². The van der Waals surface area contributed by atoms with Gasteiger partial charge in [-0.05, 0) is 50.1 Å². The van der Waals surface area contributed by atoms with Gasteiger partial charge < -0.3 is 15.2 Å². The normalized spacial score (nSPS) is 12.2. The third-order valence-corrected chi connectivity index (χ3v) is 6.09. The average molecular weight is 525 g/mol. The maximum Gasteiger partial charge on any atom is 0.413 e. The molecule has 2 amide bonds. The van der Waals surface area contributed by atoms with E-state index in [1.165, 1.54) is 0 Å². The van der Waals surface area contributed by atoms with Gasteiger partial charge in [-0.2, -0.15) is 0 Å². The third-order valence-electron chi connectivity index (χ3n) is 6.09. The fraction of sp³-hybridized carbons (Fsp3) is 0.167. The van der Waals surface area contributed by atoms with Crippen LogP contribution in [-0.2, 0) is 9.53 Å². The fourth-order valence-corrected chi connectivity index (χ4v) is 3.93. The molecule has 2 atom stereocenters. The molecular formula is C30H28N4O5. The van der Waals surface area contributed by atoms with Crippen LogP contribution in [0.3, 0.4) is 0 Å². The number of anilines is 2. The van der Waals surface area contributed by atoms with Gasteiger partial charge in [0.1, 0.15) is 11.9 Å². The van der Waals surface area contributed by atoms with Crippen LogP contribution in [0.5, 0.6) is 0 Å². The molecule has 3 N–H and O–H groups in total. The molecule has 0 aliphatic heterocycles. The number of hydrogen-bond acceptors (Lipinski definition) is 6. The highest BCUT2D eigenvalue weighted by molar-refractivity contribution is 6.05. The summed E-state index contributed by atoms with van der Waals surface area (Å²) in [5.74, 6) is -1.48. The molecule has 0 saturated heterocycles. The van der Waals surface area contributed by atoms with E-state index < -0.39 is 24.1 Å². The molecule has 1 aromatic heterocycles. The fourth-order valence-electron chi connectivity index (χ4n) is 3.93. The molecule has 2 unspecified atom stereocenters. The molecule has 9 nitrogen and oxygen atoms in total. The summed E-state index contributed by atoms with van der Waals surface area (Å²) in [7, 11) is 0. The van der Waals surface area contributed by atoms with Crippen molar-refractivity contribution in [2.45, 2.75) is 32.8 Å². The zero-order chi connectivity index (χ0) is 27.9. The topological polar surface area (TPSA) is 131 Å². The second kappa shape index (κ2) is 12.0. The highest BCUT2D eigenvalue weighted by atomic mass is 16.6. The Balaban J connectivity index is 1.45. The van der Waals surface area contributed by atoms with E-state index in [9.17, 15) is 19.5 Å². The molecule has 198 valence electrons. The van der Waals surface area contributed by atoms with Crippen molar-refractivity contribution in [1.82, 2.24) is 9.97 Å². The molecule has 0 spiro atoms. The molecule has 0 saturated carbocycles. The second-order valence-electron chi connectivity index (χ2n) is 8.98. The summed E-state index contributed by atoms with van der Waals surface area (Å²) in [4.78, 5) is 45.7. The molecule has 3 aromatic carbocycles. The predicted octanol–water partition coefficient (Wildman–Crippen LogP) is 6.20. The molecule has 9 heteroatoms. The molecule has 0 fully saturated rings. The van der Waals surface area contributed by atoms with E-state index in [1.54, 1.807) is 75.4 Å². The molecule has 39 heavy (non-hydrogen) atoms. The Morgan fingerprint density at radius 2 is 1.51 bits per heavy atom. The van der Waals surface area contributed by atoms with Crippen LogP contribution in [0.1, 0.15) is 53.0 Å². The lowest BCUT2D eigenvalue weighted by molar-refractivity contribution is -0.138. The molecule has 0 radical (unpaired) electrons. The standard InChI is InChI=1S/C30H28N4O5/c1-18-17-26(34-30(38)39-20(3)21-9-5-4-6-10-21)33-27(31-18)22-13-15-23(16-14-22)28(35)32-25-12-8-7-11-24(25)19(2)29(36)37/h4-17,19-20H,1-3H3,(H,32,35)(H,36,37)(H,31,33,34,38). The Kier molecular flexibility index (Phi) is 8.30. The molecule has 0 bridgehead atoms. The lowest BCUT2D eigenvalue weighted by Crippen LogP contribution is -2.17. The first-order valence-electron chi connectivity index (χ1n) is 12.3. The van der Waals surface area contributed by atoms with Crippen LogP contribution < -0.4 is 10.6 Å². The SMILES string of the molecule is Cc1cc(NC(=O)OC(C)c2ccccc2)nc(-c2ccc(C(=O)Nc3ccccc3C(C)C(=O)O)cc2)n1. The molecule has 0 aliphatic rings. The highest BCUT2D eigenvalue weighted by Crippen LogP contribution is 2.26. The lowest BCUT2D eigenvalue weighted by atomic mass is 9.99. The maximum atomic E-state index is 12.9. The van der Waals surface area contributed by atoms with Crippen LogP contribution in [0.25, 0.3) is 11.4 Å². The van der Waals surface area contributed by atoms with Crippen molar-refractivity contribution in [3.8, 4) is 11.4 Å². The first kappa shape index (κ1) is 27.0. The molecular weight excluding hydrogens is 496 g/mol. The van der Waals surface area contributed by atoms with Crippen LogP contribution in [0.15, 0.2) is 84.9 Å². The zero-order valence-electron chi connectivity index (χ0n) is 21.7. The molecule has 4 aromatic rings. The Morgan fingerprint density at radius 3 is 2.21 bits per heavy atom. The third kappa shape index (κ3) is 6.84. The van der Waals surface area contributed by atoms with E-state index in [0.29, 0.717) is 33.9 Å². The number of nitrogens with one attached hydrogen (secondary N) is 2. The summed E-state index contributed by atoms with van der Waals surface area (Å²) >= 11 is 0. The number of aryl methyl sites for hydroxylation is 1. The van der Waals surface area contributed by atoms with Crippen molar-refractivity contribution in [2.24, 2.45) is 0 Å². The Hall–Kier alpha value is -5.05. The highest BCUT2D eigenvalue weighted by Gasteiger charge is 2.19. The van der Waals surface area contributed by atoms with E-state index in [4.69, 9.17) is 4.74 Å². The number of rotatable bonds is 8. The summed E-state index contributed by atoms with van der Waals surface area (Å²) < 4.78 is 5.47. The number of aromatic nitrogens is 2. The van der Waals surface area contributed by atoms with Crippen molar-refractivity contribution in [1.29, 1.82) is 0 Å². The number of benzene rings is 3. The van der Waals surface area contributed by atoms with Gasteiger partial charge in [0.05, 0.1) is 5.92 Å². The van der Waals surface area contributed by atoms with E-state index in [-0.39, 0.29) is 11.7 Å². The first-order valence-corrected chi connectivity index (χ1v) is 12.3. The maximum absolute atomic E-state index is 12.9. The van der Waals surface area contributed by atoms with Crippen LogP contribution in [-0.4, -0.2) is 33.0 Å². The van der Waals surface area contributed by atoms with Crippen molar-refractivity contribution in [3.05, 3.63) is 107 Å².